The van der Waals surface area contributed by atoms with Gasteiger partial charge in [0.15, 0.2) is 0 Å². The summed E-state index contributed by atoms with van der Waals surface area (Å²) in [6.07, 6.45) is 10.7. The molecule has 2 saturated carbocycles. The average molecular weight is 322 g/mol. The van der Waals surface area contributed by atoms with E-state index in [9.17, 15) is 9.59 Å². The minimum absolute atomic E-state index is 0.156. The molecule has 2 aliphatic rings. The van der Waals surface area contributed by atoms with Crippen LogP contribution in [0.3, 0.4) is 0 Å². The lowest BCUT2D eigenvalue weighted by atomic mass is 9.70. The van der Waals surface area contributed by atoms with Crippen molar-refractivity contribution in [1.82, 2.24) is 0 Å². The highest BCUT2D eigenvalue weighted by atomic mass is 16.5. The van der Waals surface area contributed by atoms with Crippen molar-refractivity contribution in [2.45, 2.75) is 70.8 Å². The van der Waals surface area contributed by atoms with E-state index in [1.54, 1.807) is 6.92 Å². The maximum atomic E-state index is 11.4. The molecule has 0 unspecified atom stereocenters. The largest absolute Gasteiger partial charge is 0.465 e. The standard InChI is InChI=1S/C19H30O4/c1-14(2)19(21)22-12-11-15-3-5-16(6-4-15)17-7-9-18(10-8-17)23-13-20/h13,15-18H,1,3-12H2,2H3. The second kappa shape index (κ2) is 9.09. The Morgan fingerprint density at radius 1 is 1.04 bits per heavy atom. The van der Waals surface area contributed by atoms with Crippen LogP contribution >= 0.6 is 0 Å². The Labute approximate surface area is 139 Å². The summed E-state index contributed by atoms with van der Waals surface area (Å²) in [4.78, 5) is 21.8. The molecule has 0 radical (unpaired) electrons. The summed E-state index contributed by atoms with van der Waals surface area (Å²) < 4.78 is 10.3. The molecule has 4 heteroatoms. The van der Waals surface area contributed by atoms with Gasteiger partial charge in [-0.1, -0.05) is 19.4 Å². The Kier molecular flexibility index (Phi) is 7.13. The topological polar surface area (TPSA) is 52.6 Å². The Morgan fingerprint density at radius 3 is 2.13 bits per heavy atom. The lowest BCUT2D eigenvalue weighted by molar-refractivity contribution is -0.139. The van der Waals surface area contributed by atoms with Gasteiger partial charge in [-0.25, -0.2) is 4.79 Å². The maximum Gasteiger partial charge on any atom is 0.333 e. The predicted octanol–water partition coefficient (Wildman–Crippen LogP) is 4.03. The van der Waals surface area contributed by atoms with Gasteiger partial charge in [-0.15, -0.1) is 0 Å². The second-order valence-corrected chi connectivity index (χ2v) is 7.25. The molecular formula is C19H30O4. The van der Waals surface area contributed by atoms with Gasteiger partial charge in [-0.05, 0) is 69.6 Å². The molecule has 23 heavy (non-hydrogen) atoms. The van der Waals surface area contributed by atoms with E-state index in [0.29, 0.717) is 24.6 Å². The lowest BCUT2D eigenvalue weighted by Gasteiger charge is -2.37. The van der Waals surface area contributed by atoms with Crippen LogP contribution in [0, 0.1) is 17.8 Å². The molecule has 2 aliphatic carbocycles. The fourth-order valence-corrected chi connectivity index (χ4v) is 4.16. The van der Waals surface area contributed by atoms with E-state index in [1.165, 1.54) is 38.5 Å². The molecule has 0 saturated heterocycles. The highest BCUT2D eigenvalue weighted by molar-refractivity contribution is 5.86. The van der Waals surface area contributed by atoms with Gasteiger partial charge >= 0.3 is 5.97 Å². The number of esters is 1. The van der Waals surface area contributed by atoms with E-state index in [2.05, 4.69) is 6.58 Å². The van der Waals surface area contributed by atoms with Crippen LogP contribution in [-0.4, -0.2) is 25.2 Å². The van der Waals surface area contributed by atoms with Crippen molar-refractivity contribution >= 4 is 12.4 Å². The summed E-state index contributed by atoms with van der Waals surface area (Å²) in [7, 11) is 0. The first-order chi connectivity index (χ1) is 11.1. The molecule has 0 aromatic heterocycles. The van der Waals surface area contributed by atoms with E-state index in [0.717, 1.165) is 31.1 Å². The Morgan fingerprint density at radius 2 is 1.61 bits per heavy atom. The van der Waals surface area contributed by atoms with Crippen LogP contribution in [0.5, 0.6) is 0 Å². The highest BCUT2D eigenvalue weighted by Crippen LogP contribution is 2.41. The molecule has 0 heterocycles. The molecular weight excluding hydrogens is 292 g/mol. The van der Waals surface area contributed by atoms with Gasteiger partial charge in [0, 0.05) is 5.57 Å². The van der Waals surface area contributed by atoms with Crippen molar-refractivity contribution in [1.29, 1.82) is 0 Å². The predicted molar refractivity (Wildman–Crippen MR) is 88.7 cm³/mol. The fraction of sp³-hybridized carbons (Fsp3) is 0.789. The third kappa shape index (κ3) is 5.67. The highest BCUT2D eigenvalue weighted by Gasteiger charge is 2.31. The van der Waals surface area contributed by atoms with E-state index < -0.39 is 0 Å². The van der Waals surface area contributed by atoms with E-state index in [1.807, 2.05) is 0 Å². The molecule has 0 amide bonds. The zero-order valence-electron chi connectivity index (χ0n) is 14.3. The van der Waals surface area contributed by atoms with Crippen molar-refractivity contribution in [3.8, 4) is 0 Å². The normalized spacial score (nSPS) is 31.2. The van der Waals surface area contributed by atoms with Crippen LogP contribution in [0.25, 0.3) is 0 Å². The number of hydrogen-bond acceptors (Lipinski definition) is 4. The van der Waals surface area contributed by atoms with Crippen LogP contribution in [-0.2, 0) is 19.1 Å². The number of carbonyl (C=O) groups excluding carboxylic acids is 2. The van der Waals surface area contributed by atoms with E-state index in [4.69, 9.17) is 9.47 Å². The lowest BCUT2D eigenvalue weighted by Crippen LogP contribution is -2.28. The Bertz CT molecular complexity index is 402. The second-order valence-electron chi connectivity index (χ2n) is 7.25. The smallest absolute Gasteiger partial charge is 0.333 e. The van der Waals surface area contributed by atoms with Gasteiger partial charge in [-0.3, -0.25) is 4.79 Å². The van der Waals surface area contributed by atoms with Crippen LogP contribution < -0.4 is 0 Å². The zero-order chi connectivity index (χ0) is 16.7. The van der Waals surface area contributed by atoms with Gasteiger partial charge in [-0.2, -0.15) is 0 Å². The average Bonchev–Trinajstić information content (AvgIpc) is 2.56. The third-order valence-electron chi connectivity index (χ3n) is 5.63. The number of rotatable bonds is 7. The molecule has 2 fully saturated rings. The SMILES string of the molecule is C=C(C)C(=O)OCCC1CCC(C2CCC(OC=O)CC2)CC1. The summed E-state index contributed by atoms with van der Waals surface area (Å²) >= 11 is 0. The summed E-state index contributed by atoms with van der Waals surface area (Å²) in [5.41, 5.74) is 0.475. The molecule has 4 nitrogen and oxygen atoms in total. The van der Waals surface area contributed by atoms with Gasteiger partial charge < -0.3 is 9.47 Å². The first kappa shape index (κ1) is 18.0. The van der Waals surface area contributed by atoms with Crippen molar-refractivity contribution in [3.05, 3.63) is 12.2 Å². The number of ether oxygens (including phenoxy) is 2. The van der Waals surface area contributed by atoms with Gasteiger partial charge in [0.2, 0.25) is 0 Å². The van der Waals surface area contributed by atoms with E-state index >= 15 is 0 Å². The first-order valence-corrected chi connectivity index (χ1v) is 9.02. The molecule has 0 aliphatic heterocycles. The monoisotopic (exact) mass is 322 g/mol. The number of hydrogen-bond donors (Lipinski definition) is 0. The minimum Gasteiger partial charge on any atom is -0.465 e. The van der Waals surface area contributed by atoms with Crippen molar-refractivity contribution in [2.24, 2.45) is 17.8 Å². The van der Waals surface area contributed by atoms with Gasteiger partial charge in [0.05, 0.1) is 6.61 Å². The van der Waals surface area contributed by atoms with Crippen LogP contribution in [0.15, 0.2) is 12.2 Å². The fourth-order valence-electron chi connectivity index (χ4n) is 4.16. The Hall–Kier alpha value is -1.32. The number of carbonyl (C=O) groups is 2. The quantitative estimate of drug-likeness (QED) is 0.403. The van der Waals surface area contributed by atoms with Gasteiger partial charge in [0.25, 0.3) is 6.47 Å². The van der Waals surface area contributed by atoms with Crippen molar-refractivity contribution in [3.63, 3.8) is 0 Å². The first-order valence-electron chi connectivity index (χ1n) is 9.02. The molecule has 0 bridgehead atoms. The summed E-state index contributed by atoms with van der Waals surface area (Å²) in [5.74, 6) is 2.07. The molecule has 0 atom stereocenters. The van der Waals surface area contributed by atoms with Crippen LogP contribution in [0.1, 0.15) is 64.7 Å². The Balaban J connectivity index is 1.61. The summed E-state index contributed by atoms with van der Waals surface area (Å²) in [6, 6.07) is 0. The van der Waals surface area contributed by atoms with Crippen molar-refractivity contribution < 1.29 is 19.1 Å². The molecule has 130 valence electrons. The molecule has 2 rings (SSSR count). The summed E-state index contributed by atoms with van der Waals surface area (Å²) in [5, 5.41) is 0. The van der Waals surface area contributed by atoms with E-state index in [-0.39, 0.29) is 12.1 Å². The molecule has 0 spiro atoms. The van der Waals surface area contributed by atoms with Crippen molar-refractivity contribution in [2.75, 3.05) is 6.61 Å². The summed E-state index contributed by atoms with van der Waals surface area (Å²) in [6.45, 7) is 6.40. The minimum atomic E-state index is -0.270. The molecule has 0 aromatic carbocycles. The molecule has 0 N–H and O–H groups in total. The zero-order valence-corrected chi connectivity index (χ0v) is 14.3. The third-order valence-corrected chi connectivity index (χ3v) is 5.63. The molecule has 0 aromatic rings. The maximum absolute atomic E-state index is 11.4. The van der Waals surface area contributed by atoms with Crippen LogP contribution in [0.4, 0.5) is 0 Å². The van der Waals surface area contributed by atoms with Crippen LogP contribution in [0.2, 0.25) is 0 Å². The van der Waals surface area contributed by atoms with Gasteiger partial charge in [0.1, 0.15) is 6.10 Å².